The third-order valence-electron chi connectivity index (χ3n) is 4.01. The Bertz CT molecular complexity index is 791. The first-order valence-electron chi connectivity index (χ1n) is 8.62. The number of nitrogens with one attached hydrogen (secondary N) is 2. The summed E-state index contributed by atoms with van der Waals surface area (Å²) in [5.41, 5.74) is 1.61. The van der Waals surface area contributed by atoms with Gasteiger partial charge in [0.05, 0.1) is 6.54 Å². The van der Waals surface area contributed by atoms with Crippen LogP contribution in [0.4, 0.5) is 0 Å². The largest absolute Gasteiger partial charge is 0.486 e. The molecule has 3 rings (SSSR count). The third-order valence-corrected chi connectivity index (χ3v) is 4.01. The fourth-order valence-corrected chi connectivity index (χ4v) is 2.66. The number of carbonyl (C=O) groups is 2. The molecule has 2 aromatic carbocycles. The summed E-state index contributed by atoms with van der Waals surface area (Å²) >= 11 is 0. The molecule has 0 saturated heterocycles. The fourth-order valence-electron chi connectivity index (χ4n) is 2.66. The van der Waals surface area contributed by atoms with E-state index < -0.39 is 0 Å². The summed E-state index contributed by atoms with van der Waals surface area (Å²) in [5, 5.41) is 5.56. The molecule has 1 aliphatic heterocycles. The minimum atomic E-state index is -0.226. The molecule has 6 heteroatoms. The number of hydrogen-bond acceptors (Lipinski definition) is 4. The second-order valence-electron chi connectivity index (χ2n) is 6.18. The molecule has 136 valence electrons. The van der Waals surface area contributed by atoms with E-state index in [9.17, 15) is 9.59 Å². The molecule has 0 fully saturated rings. The SMILES string of the molecule is Cc1cccc(C(=O)NCCC(=O)NCC2COc3ccccc3O2)c1. The molecule has 2 N–H and O–H groups in total. The van der Waals surface area contributed by atoms with Gasteiger partial charge in [-0.1, -0.05) is 29.8 Å². The molecule has 1 aliphatic rings. The summed E-state index contributed by atoms with van der Waals surface area (Å²) in [7, 11) is 0. The Labute approximate surface area is 152 Å². The number of benzene rings is 2. The fraction of sp³-hybridized carbons (Fsp3) is 0.300. The van der Waals surface area contributed by atoms with E-state index in [0.717, 1.165) is 5.56 Å². The first kappa shape index (κ1) is 17.8. The molecule has 1 unspecified atom stereocenters. The first-order chi connectivity index (χ1) is 12.6. The first-order valence-corrected chi connectivity index (χ1v) is 8.62. The van der Waals surface area contributed by atoms with Crippen LogP contribution in [-0.2, 0) is 4.79 Å². The topological polar surface area (TPSA) is 76.7 Å². The maximum atomic E-state index is 12.0. The smallest absolute Gasteiger partial charge is 0.251 e. The molecule has 2 aromatic rings. The Morgan fingerprint density at radius 3 is 2.69 bits per heavy atom. The summed E-state index contributed by atoms with van der Waals surface area (Å²) in [6.45, 7) is 2.96. The maximum Gasteiger partial charge on any atom is 0.251 e. The van der Waals surface area contributed by atoms with Crippen LogP contribution in [0.3, 0.4) is 0 Å². The number of amides is 2. The van der Waals surface area contributed by atoms with Crippen LogP contribution in [0, 0.1) is 6.92 Å². The van der Waals surface area contributed by atoms with Gasteiger partial charge in [0.25, 0.3) is 5.91 Å². The van der Waals surface area contributed by atoms with Crippen LogP contribution in [0.1, 0.15) is 22.3 Å². The van der Waals surface area contributed by atoms with Crippen molar-refractivity contribution in [1.29, 1.82) is 0 Å². The standard InChI is InChI=1S/C20H22N2O4/c1-14-5-4-6-15(11-14)20(24)21-10-9-19(23)22-12-16-13-25-17-7-2-3-8-18(17)26-16/h2-8,11,16H,9-10,12-13H2,1H3,(H,21,24)(H,22,23). The molecule has 1 atom stereocenters. The van der Waals surface area contributed by atoms with Crippen LogP contribution < -0.4 is 20.1 Å². The molecule has 6 nitrogen and oxygen atoms in total. The molecule has 0 aromatic heterocycles. The summed E-state index contributed by atoms with van der Waals surface area (Å²) in [4.78, 5) is 24.0. The Hall–Kier alpha value is -3.02. The zero-order chi connectivity index (χ0) is 18.4. The molecule has 0 saturated carbocycles. The Morgan fingerprint density at radius 2 is 1.88 bits per heavy atom. The second kappa shape index (κ2) is 8.38. The van der Waals surface area contributed by atoms with Gasteiger partial charge in [-0.25, -0.2) is 0 Å². The van der Waals surface area contributed by atoms with Crippen molar-refractivity contribution in [3.8, 4) is 11.5 Å². The minimum absolute atomic E-state index is 0.142. The molecular formula is C20H22N2O4. The van der Waals surface area contributed by atoms with Gasteiger partial charge >= 0.3 is 0 Å². The third kappa shape index (κ3) is 4.75. The van der Waals surface area contributed by atoms with Crippen molar-refractivity contribution in [2.45, 2.75) is 19.4 Å². The zero-order valence-electron chi connectivity index (χ0n) is 14.7. The van der Waals surface area contributed by atoms with E-state index in [1.807, 2.05) is 49.4 Å². The molecule has 26 heavy (non-hydrogen) atoms. The average molecular weight is 354 g/mol. The molecule has 2 amide bonds. The van der Waals surface area contributed by atoms with E-state index in [0.29, 0.717) is 30.2 Å². The van der Waals surface area contributed by atoms with E-state index in [-0.39, 0.29) is 30.9 Å². The lowest BCUT2D eigenvalue weighted by atomic mass is 10.1. The van der Waals surface area contributed by atoms with E-state index in [1.165, 1.54) is 0 Å². The summed E-state index contributed by atoms with van der Waals surface area (Å²) in [6, 6.07) is 14.8. The molecule has 0 aliphatic carbocycles. The summed E-state index contributed by atoms with van der Waals surface area (Å²) < 4.78 is 11.4. The normalized spacial score (nSPS) is 15.2. The molecule has 0 spiro atoms. The van der Waals surface area contributed by atoms with Gasteiger partial charge in [-0.15, -0.1) is 0 Å². The van der Waals surface area contributed by atoms with Crippen molar-refractivity contribution in [2.75, 3.05) is 19.7 Å². The number of para-hydroxylation sites is 2. The van der Waals surface area contributed by atoms with Crippen LogP contribution in [0.5, 0.6) is 11.5 Å². The number of fused-ring (bicyclic) bond motifs is 1. The van der Waals surface area contributed by atoms with Crippen molar-refractivity contribution in [1.82, 2.24) is 10.6 Å². The van der Waals surface area contributed by atoms with Gasteiger partial charge in [-0.3, -0.25) is 9.59 Å². The second-order valence-corrected chi connectivity index (χ2v) is 6.18. The van der Waals surface area contributed by atoms with E-state index in [4.69, 9.17) is 9.47 Å². The van der Waals surface area contributed by atoms with Crippen molar-refractivity contribution in [3.05, 3.63) is 59.7 Å². The van der Waals surface area contributed by atoms with Gasteiger partial charge < -0.3 is 20.1 Å². The van der Waals surface area contributed by atoms with Crippen molar-refractivity contribution < 1.29 is 19.1 Å². The van der Waals surface area contributed by atoms with Crippen molar-refractivity contribution >= 4 is 11.8 Å². The Kier molecular flexibility index (Phi) is 5.73. The van der Waals surface area contributed by atoms with Crippen molar-refractivity contribution in [3.63, 3.8) is 0 Å². The number of ether oxygens (including phenoxy) is 2. The average Bonchev–Trinajstić information content (AvgIpc) is 2.66. The zero-order valence-corrected chi connectivity index (χ0v) is 14.7. The molecule has 1 heterocycles. The van der Waals surface area contributed by atoms with Crippen LogP contribution in [0.2, 0.25) is 0 Å². The van der Waals surface area contributed by atoms with Gasteiger partial charge in [0.2, 0.25) is 5.91 Å². The van der Waals surface area contributed by atoms with Gasteiger partial charge in [0.15, 0.2) is 11.5 Å². The highest BCUT2D eigenvalue weighted by Crippen LogP contribution is 2.30. The van der Waals surface area contributed by atoms with Crippen molar-refractivity contribution in [2.24, 2.45) is 0 Å². The number of hydrogen-bond donors (Lipinski definition) is 2. The minimum Gasteiger partial charge on any atom is -0.486 e. The van der Waals surface area contributed by atoms with Crippen LogP contribution in [0.15, 0.2) is 48.5 Å². The van der Waals surface area contributed by atoms with Gasteiger partial charge in [0, 0.05) is 18.5 Å². The number of rotatable bonds is 6. The van der Waals surface area contributed by atoms with Crippen LogP contribution >= 0.6 is 0 Å². The van der Waals surface area contributed by atoms with Gasteiger partial charge in [0.1, 0.15) is 12.7 Å². The van der Waals surface area contributed by atoms with Gasteiger partial charge in [-0.05, 0) is 31.2 Å². The van der Waals surface area contributed by atoms with E-state index in [1.54, 1.807) is 6.07 Å². The lowest BCUT2D eigenvalue weighted by Crippen LogP contribution is -2.41. The maximum absolute atomic E-state index is 12.0. The highest BCUT2D eigenvalue weighted by molar-refractivity contribution is 5.94. The Morgan fingerprint density at radius 1 is 1.08 bits per heavy atom. The summed E-state index contributed by atoms with van der Waals surface area (Å²) in [6.07, 6.45) is -0.0161. The lowest BCUT2D eigenvalue weighted by molar-refractivity contribution is -0.121. The number of aryl methyl sites for hydroxylation is 1. The molecule has 0 radical (unpaired) electrons. The predicted molar refractivity (Wildman–Crippen MR) is 97.5 cm³/mol. The van der Waals surface area contributed by atoms with Gasteiger partial charge in [-0.2, -0.15) is 0 Å². The predicted octanol–water partition coefficient (Wildman–Crippen LogP) is 2.07. The Balaban J connectivity index is 1.37. The van der Waals surface area contributed by atoms with E-state index >= 15 is 0 Å². The van der Waals surface area contributed by atoms with Crippen LogP contribution in [0.25, 0.3) is 0 Å². The quantitative estimate of drug-likeness (QED) is 0.833. The lowest BCUT2D eigenvalue weighted by Gasteiger charge is -2.26. The highest BCUT2D eigenvalue weighted by atomic mass is 16.6. The van der Waals surface area contributed by atoms with Crippen LogP contribution in [-0.4, -0.2) is 37.6 Å². The monoisotopic (exact) mass is 354 g/mol. The molecular weight excluding hydrogens is 332 g/mol. The van der Waals surface area contributed by atoms with E-state index in [2.05, 4.69) is 10.6 Å². The number of carbonyl (C=O) groups excluding carboxylic acids is 2. The highest BCUT2D eigenvalue weighted by Gasteiger charge is 2.20. The summed E-state index contributed by atoms with van der Waals surface area (Å²) in [5.74, 6) is 1.08. The molecule has 0 bridgehead atoms.